The summed E-state index contributed by atoms with van der Waals surface area (Å²) in [6.07, 6.45) is 6.33. The van der Waals surface area contributed by atoms with E-state index in [-0.39, 0.29) is 0 Å². The van der Waals surface area contributed by atoms with Gasteiger partial charge in [0.2, 0.25) is 6.79 Å². The predicted octanol–water partition coefficient (Wildman–Crippen LogP) is 2.95. The molecule has 20 heavy (non-hydrogen) atoms. The highest BCUT2D eigenvalue weighted by molar-refractivity contribution is 5.51. The van der Waals surface area contributed by atoms with E-state index in [0.717, 1.165) is 24.1 Å². The number of quaternary nitrogens is 1. The number of benzene rings is 1. The van der Waals surface area contributed by atoms with E-state index in [0.29, 0.717) is 12.7 Å². The van der Waals surface area contributed by atoms with Crippen LogP contribution in [0.15, 0.2) is 23.8 Å². The van der Waals surface area contributed by atoms with Crippen LogP contribution in [0.1, 0.15) is 36.3 Å². The molecular formula is C17H20NO2+. The van der Waals surface area contributed by atoms with Crippen LogP contribution in [0.5, 0.6) is 11.5 Å². The third kappa shape index (κ3) is 1.29. The Balaban J connectivity index is 1.71. The van der Waals surface area contributed by atoms with Crippen molar-refractivity contribution in [3.63, 3.8) is 0 Å². The summed E-state index contributed by atoms with van der Waals surface area (Å²) in [4.78, 5) is 0. The van der Waals surface area contributed by atoms with Gasteiger partial charge in [-0.1, -0.05) is 6.08 Å². The van der Waals surface area contributed by atoms with Gasteiger partial charge in [-0.2, -0.15) is 0 Å². The minimum atomic E-state index is 0.379. The lowest BCUT2D eigenvalue weighted by Gasteiger charge is -2.46. The SMILES string of the molecule is C[N+]12CCC3=CCC[C@@H](c4cc5c(cc4C1)OCO5)C32. The molecule has 1 aromatic carbocycles. The Kier molecular flexibility index (Phi) is 2.01. The molecule has 104 valence electrons. The van der Waals surface area contributed by atoms with Crippen molar-refractivity contribution in [1.29, 1.82) is 0 Å². The third-order valence-corrected chi connectivity index (χ3v) is 5.79. The summed E-state index contributed by atoms with van der Waals surface area (Å²) >= 11 is 0. The summed E-state index contributed by atoms with van der Waals surface area (Å²) in [5, 5.41) is 0. The molecule has 3 nitrogen and oxygen atoms in total. The van der Waals surface area contributed by atoms with Gasteiger partial charge in [0.25, 0.3) is 0 Å². The molecule has 1 saturated heterocycles. The summed E-state index contributed by atoms with van der Waals surface area (Å²) in [5.74, 6) is 2.58. The number of hydrogen-bond acceptors (Lipinski definition) is 2. The molecule has 0 radical (unpaired) electrons. The topological polar surface area (TPSA) is 18.5 Å². The molecule has 1 fully saturated rings. The van der Waals surface area contributed by atoms with Crippen LogP contribution in [0.4, 0.5) is 0 Å². The molecule has 5 rings (SSSR count). The van der Waals surface area contributed by atoms with Crippen molar-refractivity contribution in [2.75, 3.05) is 20.4 Å². The number of hydrogen-bond donors (Lipinski definition) is 0. The van der Waals surface area contributed by atoms with Crippen molar-refractivity contribution < 1.29 is 14.0 Å². The van der Waals surface area contributed by atoms with Crippen molar-refractivity contribution in [1.82, 2.24) is 0 Å². The highest BCUT2D eigenvalue weighted by Gasteiger charge is 2.51. The average molecular weight is 270 g/mol. The molecule has 0 spiro atoms. The van der Waals surface area contributed by atoms with E-state index in [9.17, 15) is 0 Å². The molecule has 1 aliphatic carbocycles. The molecule has 3 heterocycles. The van der Waals surface area contributed by atoms with Crippen LogP contribution >= 0.6 is 0 Å². The largest absolute Gasteiger partial charge is 0.454 e. The van der Waals surface area contributed by atoms with Gasteiger partial charge in [0.05, 0.1) is 13.6 Å². The van der Waals surface area contributed by atoms with Gasteiger partial charge < -0.3 is 14.0 Å². The van der Waals surface area contributed by atoms with Crippen molar-refractivity contribution in [2.45, 2.75) is 37.8 Å². The number of rotatable bonds is 0. The highest BCUT2D eigenvalue weighted by Crippen LogP contribution is 2.52. The first-order valence-corrected chi connectivity index (χ1v) is 7.70. The standard InChI is InChI=1S/C17H20NO2/c1-18-6-5-11-3-2-4-13(17(11)18)14-8-16-15(19-10-20-16)7-12(14)9-18/h3,7-8,13,17H,2,4-6,9-10H2,1H3/q+1/t13-,17?,18?/m0/s1. The Morgan fingerprint density at radius 3 is 2.95 bits per heavy atom. The summed E-state index contributed by atoms with van der Waals surface area (Å²) in [7, 11) is 2.44. The smallest absolute Gasteiger partial charge is 0.231 e. The number of allylic oxidation sites excluding steroid dienone is 1. The van der Waals surface area contributed by atoms with Gasteiger partial charge in [-0.05, 0) is 36.1 Å². The molecule has 3 atom stereocenters. The summed E-state index contributed by atoms with van der Waals surface area (Å²) < 4.78 is 12.4. The van der Waals surface area contributed by atoms with Gasteiger partial charge in [-0.25, -0.2) is 0 Å². The molecule has 3 heteroatoms. The van der Waals surface area contributed by atoms with Gasteiger partial charge in [0.1, 0.15) is 12.6 Å². The van der Waals surface area contributed by atoms with E-state index >= 15 is 0 Å². The summed E-state index contributed by atoms with van der Waals surface area (Å²) in [6, 6.07) is 5.23. The van der Waals surface area contributed by atoms with Crippen LogP contribution < -0.4 is 9.47 Å². The first-order valence-electron chi connectivity index (χ1n) is 7.70. The zero-order valence-corrected chi connectivity index (χ0v) is 11.9. The average Bonchev–Trinajstić information content (AvgIpc) is 3.03. The van der Waals surface area contributed by atoms with Crippen molar-refractivity contribution >= 4 is 0 Å². The first-order chi connectivity index (χ1) is 9.74. The quantitative estimate of drug-likeness (QED) is 0.533. The van der Waals surface area contributed by atoms with Crippen molar-refractivity contribution in [3.05, 3.63) is 34.9 Å². The fourth-order valence-electron chi connectivity index (χ4n) is 4.97. The Morgan fingerprint density at radius 2 is 2.05 bits per heavy atom. The molecule has 0 N–H and O–H groups in total. The maximum Gasteiger partial charge on any atom is 0.231 e. The van der Waals surface area contributed by atoms with E-state index in [4.69, 9.17) is 9.47 Å². The lowest BCUT2D eigenvalue weighted by molar-refractivity contribution is -0.935. The number of ether oxygens (including phenoxy) is 2. The molecule has 1 aromatic rings. The Morgan fingerprint density at radius 1 is 1.20 bits per heavy atom. The molecule has 4 aliphatic rings. The second kappa shape index (κ2) is 3.59. The van der Waals surface area contributed by atoms with Crippen molar-refractivity contribution in [3.8, 4) is 11.5 Å². The van der Waals surface area contributed by atoms with Crippen LogP contribution in [-0.2, 0) is 6.54 Å². The molecule has 0 amide bonds. The fraction of sp³-hybridized carbons (Fsp3) is 0.529. The maximum atomic E-state index is 5.60. The van der Waals surface area contributed by atoms with Crippen molar-refractivity contribution in [2.24, 2.45) is 0 Å². The third-order valence-electron chi connectivity index (χ3n) is 5.79. The van der Waals surface area contributed by atoms with Crippen LogP contribution in [0.3, 0.4) is 0 Å². The van der Waals surface area contributed by atoms with Gasteiger partial charge in [-0.15, -0.1) is 0 Å². The normalized spacial score (nSPS) is 36.4. The Labute approximate surface area is 119 Å². The molecule has 3 aliphatic heterocycles. The zero-order valence-electron chi connectivity index (χ0n) is 11.9. The van der Waals surface area contributed by atoms with Gasteiger partial charge in [0.15, 0.2) is 11.5 Å². The molecule has 0 bridgehead atoms. The maximum absolute atomic E-state index is 5.60. The van der Waals surface area contributed by atoms with E-state index in [1.165, 1.54) is 41.4 Å². The molecule has 0 aromatic heterocycles. The van der Waals surface area contributed by atoms with E-state index in [1.807, 2.05) is 0 Å². The second-order valence-electron chi connectivity index (χ2n) is 6.92. The van der Waals surface area contributed by atoms with Gasteiger partial charge in [0, 0.05) is 17.9 Å². The number of fused-ring (bicyclic) bond motifs is 3. The first kappa shape index (κ1) is 11.2. The van der Waals surface area contributed by atoms with Crippen LogP contribution in [-0.4, -0.2) is 30.9 Å². The Bertz CT molecular complexity index is 636. The minimum absolute atomic E-state index is 0.379. The highest BCUT2D eigenvalue weighted by atomic mass is 16.7. The lowest BCUT2D eigenvalue weighted by Crippen LogP contribution is -2.53. The van der Waals surface area contributed by atoms with Gasteiger partial charge >= 0.3 is 0 Å². The Hall–Kier alpha value is -1.48. The molecule has 0 saturated carbocycles. The minimum Gasteiger partial charge on any atom is -0.454 e. The van der Waals surface area contributed by atoms with Crippen LogP contribution in [0, 0.1) is 0 Å². The van der Waals surface area contributed by atoms with Crippen LogP contribution in [0.25, 0.3) is 0 Å². The monoisotopic (exact) mass is 270 g/mol. The van der Waals surface area contributed by atoms with E-state index < -0.39 is 0 Å². The van der Waals surface area contributed by atoms with E-state index in [2.05, 4.69) is 25.3 Å². The zero-order chi connectivity index (χ0) is 13.3. The van der Waals surface area contributed by atoms with Gasteiger partial charge in [-0.3, -0.25) is 0 Å². The lowest BCUT2D eigenvalue weighted by atomic mass is 9.75. The number of likely N-dealkylation sites (N-methyl/N-ethyl adjacent to an activating group) is 1. The molecular weight excluding hydrogens is 250 g/mol. The summed E-state index contributed by atoms with van der Waals surface area (Å²) in [6.45, 7) is 2.81. The summed E-state index contributed by atoms with van der Waals surface area (Å²) in [5.41, 5.74) is 4.73. The molecule has 2 unspecified atom stereocenters. The fourth-order valence-corrected chi connectivity index (χ4v) is 4.97. The van der Waals surface area contributed by atoms with Crippen LogP contribution in [0.2, 0.25) is 0 Å². The number of nitrogens with zero attached hydrogens (tertiary/aromatic N) is 1. The predicted molar refractivity (Wildman–Crippen MR) is 75.8 cm³/mol. The van der Waals surface area contributed by atoms with E-state index in [1.54, 1.807) is 5.57 Å². The second-order valence-corrected chi connectivity index (χ2v) is 6.92.